The monoisotopic (exact) mass is 410 g/mol. The molecule has 24 heavy (non-hydrogen) atoms. The highest BCUT2D eigenvalue weighted by atomic mass is 79.9. The van der Waals surface area contributed by atoms with Crippen LogP contribution in [0.2, 0.25) is 0 Å². The van der Waals surface area contributed by atoms with Crippen molar-refractivity contribution in [1.29, 1.82) is 5.26 Å². The Hall–Kier alpha value is -1.42. The summed E-state index contributed by atoms with van der Waals surface area (Å²) in [4.78, 5) is 0. The van der Waals surface area contributed by atoms with Gasteiger partial charge in [-0.25, -0.2) is 8.78 Å². The summed E-state index contributed by atoms with van der Waals surface area (Å²) in [5.41, 5.74) is 6.42. The molecular weight excluding hydrogens is 394 g/mol. The van der Waals surface area contributed by atoms with Crippen LogP contribution in [-0.4, -0.2) is 5.75 Å². The first-order chi connectivity index (χ1) is 11.2. The van der Waals surface area contributed by atoms with Gasteiger partial charge >= 0.3 is 0 Å². The number of halogens is 3. The highest BCUT2D eigenvalue weighted by Gasteiger charge is 2.33. The lowest BCUT2D eigenvalue weighted by molar-refractivity contribution is 0.507. The van der Waals surface area contributed by atoms with Crippen molar-refractivity contribution in [1.82, 2.24) is 0 Å². The number of benzene rings is 2. The van der Waals surface area contributed by atoms with E-state index in [0.717, 1.165) is 4.47 Å². The van der Waals surface area contributed by atoms with Crippen LogP contribution in [0.25, 0.3) is 0 Å². The fourth-order valence-electron chi connectivity index (χ4n) is 2.26. The molecule has 0 bridgehead atoms. The molecule has 0 aromatic heterocycles. The van der Waals surface area contributed by atoms with Crippen LogP contribution in [0.4, 0.5) is 8.78 Å². The molecular formula is C18H17BrF2N2S. The molecule has 0 heterocycles. The molecule has 2 atom stereocenters. The Morgan fingerprint density at radius 3 is 2.38 bits per heavy atom. The maximum absolute atomic E-state index is 14.1. The highest BCUT2D eigenvalue weighted by Crippen LogP contribution is 2.39. The minimum Gasteiger partial charge on any atom is -0.321 e. The third-order valence-electron chi connectivity index (χ3n) is 3.81. The molecule has 0 spiro atoms. The third-order valence-corrected chi connectivity index (χ3v) is 5.95. The molecule has 0 saturated heterocycles. The lowest BCUT2D eigenvalue weighted by Gasteiger charge is -2.30. The van der Waals surface area contributed by atoms with E-state index in [1.54, 1.807) is 38.1 Å². The molecule has 126 valence electrons. The molecule has 2 aromatic carbocycles. The van der Waals surface area contributed by atoms with E-state index in [9.17, 15) is 14.0 Å². The van der Waals surface area contributed by atoms with Crippen molar-refractivity contribution in [3.63, 3.8) is 0 Å². The summed E-state index contributed by atoms with van der Waals surface area (Å²) in [6.07, 6.45) is 0. The number of nitrogens with zero attached hydrogens (tertiary/aromatic N) is 1. The standard InChI is InChI=1S/C18H17BrF2N2S/c1-17(23,15-9-13(19)5-8-16(15)21)11-24-18(2,10-22)12-3-6-14(20)7-4-12/h3-9H,11,23H2,1-2H3. The maximum atomic E-state index is 14.1. The molecule has 0 aliphatic carbocycles. The number of hydrogen-bond acceptors (Lipinski definition) is 3. The van der Waals surface area contributed by atoms with E-state index in [1.807, 2.05) is 0 Å². The molecule has 0 fully saturated rings. The van der Waals surface area contributed by atoms with Gasteiger partial charge < -0.3 is 5.73 Å². The lowest BCUT2D eigenvalue weighted by atomic mass is 9.95. The number of rotatable bonds is 5. The van der Waals surface area contributed by atoms with Crippen molar-refractivity contribution >= 4 is 27.7 Å². The normalized spacial score (nSPS) is 16.0. The number of hydrogen-bond donors (Lipinski definition) is 1. The molecule has 0 aliphatic heterocycles. The average Bonchev–Trinajstić information content (AvgIpc) is 2.55. The Labute approximate surface area is 153 Å². The Kier molecular flexibility index (Phi) is 5.69. The Morgan fingerprint density at radius 1 is 1.17 bits per heavy atom. The highest BCUT2D eigenvalue weighted by molar-refractivity contribution is 9.10. The van der Waals surface area contributed by atoms with E-state index in [1.165, 1.54) is 30.0 Å². The van der Waals surface area contributed by atoms with Crippen LogP contribution < -0.4 is 5.73 Å². The molecule has 2 unspecified atom stereocenters. The first-order valence-corrected chi connectivity index (χ1v) is 9.01. The summed E-state index contributed by atoms with van der Waals surface area (Å²) in [6, 6.07) is 12.7. The first-order valence-electron chi connectivity index (χ1n) is 7.23. The van der Waals surface area contributed by atoms with Crippen LogP contribution in [0, 0.1) is 23.0 Å². The van der Waals surface area contributed by atoms with Crippen molar-refractivity contribution in [2.75, 3.05) is 5.75 Å². The van der Waals surface area contributed by atoms with Gasteiger partial charge in [-0.05, 0) is 49.7 Å². The van der Waals surface area contributed by atoms with E-state index in [4.69, 9.17) is 5.73 Å². The number of nitriles is 1. The second kappa shape index (κ2) is 7.22. The van der Waals surface area contributed by atoms with E-state index < -0.39 is 10.3 Å². The van der Waals surface area contributed by atoms with Gasteiger partial charge in [0.1, 0.15) is 16.4 Å². The molecule has 0 amide bonds. The summed E-state index contributed by atoms with van der Waals surface area (Å²) < 4.78 is 27.1. The predicted octanol–water partition coefficient (Wildman–Crippen LogP) is 5.07. The fraction of sp³-hybridized carbons (Fsp3) is 0.278. The van der Waals surface area contributed by atoms with Gasteiger partial charge in [0.25, 0.3) is 0 Å². The summed E-state index contributed by atoms with van der Waals surface area (Å²) in [5, 5.41) is 9.59. The predicted molar refractivity (Wildman–Crippen MR) is 97.5 cm³/mol. The second-order valence-corrected chi connectivity index (χ2v) is 8.29. The minimum absolute atomic E-state index is 0.321. The molecule has 2 nitrogen and oxygen atoms in total. The van der Waals surface area contributed by atoms with Crippen LogP contribution in [-0.2, 0) is 10.3 Å². The molecule has 0 saturated carbocycles. The Morgan fingerprint density at radius 2 is 1.79 bits per heavy atom. The van der Waals surface area contributed by atoms with Crippen molar-refractivity contribution in [2.24, 2.45) is 5.73 Å². The zero-order valence-electron chi connectivity index (χ0n) is 13.3. The van der Waals surface area contributed by atoms with Gasteiger partial charge in [0, 0.05) is 15.8 Å². The molecule has 2 rings (SSSR count). The van der Waals surface area contributed by atoms with Gasteiger partial charge in [0.15, 0.2) is 0 Å². The number of thioether (sulfide) groups is 1. The SMILES string of the molecule is CC(N)(CSC(C)(C#N)c1ccc(F)cc1)c1cc(Br)ccc1F. The van der Waals surface area contributed by atoms with Crippen LogP contribution >= 0.6 is 27.7 Å². The fourth-order valence-corrected chi connectivity index (χ4v) is 3.73. The van der Waals surface area contributed by atoms with Gasteiger partial charge in [-0.1, -0.05) is 28.1 Å². The molecule has 0 radical (unpaired) electrons. The number of nitrogens with two attached hydrogens (primary N) is 1. The van der Waals surface area contributed by atoms with Crippen LogP contribution in [0.5, 0.6) is 0 Å². The van der Waals surface area contributed by atoms with Gasteiger partial charge in [-0.3, -0.25) is 0 Å². The van der Waals surface area contributed by atoms with Crippen LogP contribution in [0.15, 0.2) is 46.9 Å². The largest absolute Gasteiger partial charge is 0.321 e. The molecule has 2 aromatic rings. The van der Waals surface area contributed by atoms with Crippen LogP contribution in [0.1, 0.15) is 25.0 Å². The topological polar surface area (TPSA) is 49.8 Å². The Bertz CT molecular complexity index is 772. The van der Waals surface area contributed by atoms with E-state index in [0.29, 0.717) is 16.9 Å². The molecule has 6 heteroatoms. The van der Waals surface area contributed by atoms with E-state index >= 15 is 0 Å². The van der Waals surface area contributed by atoms with E-state index in [2.05, 4.69) is 22.0 Å². The minimum atomic E-state index is -0.962. The smallest absolute Gasteiger partial charge is 0.128 e. The van der Waals surface area contributed by atoms with Crippen molar-refractivity contribution in [3.05, 3.63) is 69.7 Å². The lowest BCUT2D eigenvalue weighted by Crippen LogP contribution is -2.38. The summed E-state index contributed by atoms with van der Waals surface area (Å²) in [6.45, 7) is 3.48. The van der Waals surface area contributed by atoms with Crippen molar-refractivity contribution < 1.29 is 8.78 Å². The maximum Gasteiger partial charge on any atom is 0.128 e. The van der Waals surface area contributed by atoms with Gasteiger partial charge in [-0.15, -0.1) is 11.8 Å². The summed E-state index contributed by atoms with van der Waals surface area (Å²) in [7, 11) is 0. The zero-order chi connectivity index (χ0) is 18.0. The Balaban J connectivity index is 2.24. The summed E-state index contributed by atoms with van der Waals surface area (Å²) in [5.74, 6) is -0.421. The average molecular weight is 411 g/mol. The quantitative estimate of drug-likeness (QED) is 0.747. The first kappa shape index (κ1) is 18.9. The second-order valence-electron chi connectivity index (χ2n) is 5.98. The van der Waals surface area contributed by atoms with E-state index in [-0.39, 0.29) is 11.6 Å². The zero-order valence-corrected chi connectivity index (χ0v) is 15.7. The molecule has 0 aliphatic rings. The van der Waals surface area contributed by atoms with Gasteiger partial charge in [0.05, 0.1) is 11.6 Å². The summed E-state index contributed by atoms with van der Waals surface area (Å²) >= 11 is 4.63. The molecule has 2 N–H and O–H groups in total. The van der Waals surface area contributed by atoms with Crippen molar-refractivity contribution in [3.8, 4) is 6.07 Å². The van der Waals surface area contributed by atoms with Gasteiger partial charge in [0.2, 0.25) is 0 Å². The third kappa shape index (κ3) is 4.15. The van der Waals surface area contributed by atoms with Crippen LogP contribution in [0.3, 0.4) is 0 Å². The van der Waals surface area contributed by atoms with Crippen molar-refractivity contribution in [2.45, 2.75) is 24.1 Å². The van der Waals surface area contributed by atoms with Gasteiger partial charge in [-0.2, -0.15) is 5.26 Å².